The van der Waals surface area contributed by atoms with Crippen LogP contribution in [0.4, 0.5) is 0 Å². The summed E-state index contributed by atoms with van der Waals surface area (Å²) in [6.45, 7) is 10.5. The Labute approximate surface area is 124 Å². The monoisotopic (exact) mass is 277 g/mol. The second-order valence-corrected chi connectivity index (χ2v) is 7.83. The van der Waals surface area contributed by atoms with Crippen LogP contribution in [-0.4, -0.2) is 36.1 Å². The zero-order valence-corrected chi connectivity index (χ0v) is 13.5. The van der Waals surface area contributed by atoms with Gasteiger partial charge in [-0.25, -0.2) is 0 Å². The summed E-state index contributed by atoms with van der Waals surface area (Å²) in [6, 6.07) is 3.09. The van der Waals surface area contributed by atoms with E-state index in [9.17, 15) is 5.26 Å². The first kappa shape index (κ1) is 15.8. The molecular formula is C17H31N3. The molecule has 1 N–H and O–H groups in total. The molecule has 1 aliphatic carbocycles. The number of nitriles is 1. The van der Waals surface area contributed by atoms with Crippen LogP contribution in [0.5, 0.6) is 0 Å². The average molecular weight is 277 g/mol. The SMILES string of the molecule is CC1(C)CCCN(CCCC(C)(C#N)NC2CC2)CC1. The van der Waals surface area contributed by atoms with Gasteiger partial charge in [0.2, 0.25) is 0 Å². The third kappa shape index (κ3) is 5.07. The van der Waals surface area contributed by atoms with Gasteiger partial charge in [0.05, 0.1) is 6.07 Å². The van der Waals surface area contributed by atoms with Crippen molar-refractivity contribution in [1.29, 1.82) is 5.26 Å². The smallest absolute Gasteiger partial charge is 0.104 e. The summed E-state index contributed by atoms with van der Waals surface area (Å²) >= 11 is 0. The van der Waals surface area contributed by atoms with E-state index in [1.165, 1.54) is 45.2 Å². The molecule has 3 heteroatoms. The summed E-state index contributed by atoms with van der Waals surface area (Å²) in [4.78, 5) is 2.60. The molecule has 2 aliphatic rings. The van der Waals surface area contributed by atoms with Gasteiger partial charge in [0, 0.05) is 6.04 Å². The summed E-state index contributed by atoms with van der Waals surface area (Å²) in [5.41, 5.74) is 0.204. The zero-order chi connectivity index (χ0) is 14.6. The Hall–Kier alpha value is -0.590. The van der Waals surface area contributed by atoms with Crippen molar-refractivity contribution in [3.05, 3.63) is 0 Å². The minimum atomic E-state index is -0.313. The molecule has 0 aromatic carbocycles. The number of hydrogen-bond acceptors (Lipinski definition) is 3. The lowest BCUT2D eigenvalue weighted by Crippen LogP contribution is -2.43. The van der Waals surface area contributed by atoms with Crippen LogP contribution in [-0.2, 0) is 0 Å². The lowest BCUT2D eigenvalue weighted by atomic mass is 9.85. The van der Waals surface area contributed by atoms with Crippen molar-refractivity contribution < 1.29 is 0 Å². The number of hydrogen-bond donors (Lipinski definition) is 1. The highest BCUT2D eigenvalue weighted by Crippen LogP contribution is 2.30. The van der Waals surface area contributed by atoms with Crippen molar-refractivity contribution in [3.8, 4) is 6.07 Å². The van der Waals surface area contributed by atoms with E-state index in [0.717, 1.165) is 19.4 Å². The normalized spacial score (nSPS) is 26.5. The van der Waals surface area contributed by atoms with Crippen LogP contribution in [0, 0.1) is 16.7 Å². The van der Waals surface area contributed by atoms with Gasteiger partial charge in [-0.05, 0) is 76.9 Å². The lowest BCUT2D eigenvalue weighted by molar-refractivity contribution is 0.249. The van der Waals surface area contributed by atoms with Gasteiger partial charge in [-0.2, -0.15) is 5.26 Å². The molecule has 1 unspecified atom stereocenters. The van der Waals surface area contributed by atoms with E-state index in [1.807, 2.05) is 0 Å². The molecule has 1 saturated carbocycles. The molecule has 1 saturated heterocycles. The van der Waals surface area contributed by atoms with Crippen molar-refractivity contribution >= 4 is 0 Å². The predicted octanol–water partition coefficient (Wildman–Crippen LogP) is 3.31. The van der Waals surface area contributed by atoms with Gasteiger partial charge in [-0.15, -0.1) is 0 Å². The van der Waals surface area contributed by atoms with Gasteiger partial charge in [-0.1, -0.05) is 13.8 Å². The Bertz CT molecular complexity index is 354. The topological polar surface area (TPSA) is 39.1 Å². The third-order valence-electron chi connectivity index (χ3n) is 4.93. The van der Waals surface area contributed by atoms with Gasteiger partial charge in [0.15, 0.2) is 0 Å². The van der Waals surface area contributed by atoms with E-state index in [1.54, 1.807) is 0 Å². The molecule has 1 heterocycles. The molecule has 2 fully saturated rings. The van der Waals surface area contributed by atoms with Crippen LogP contribution in [0.1, 0.15) is 65.7 Å². The molecule has 0 spiro atoms. The maximum atomic E-state index is 9.39. The number of likely N-dealkylation sites (tertiary alicyclic amines) is 1. The summed E-state index contributed by atoms with van der Waals surface area (Å²) in [5.74, 6) is 0. The van der Waals surface area contributed by atoms with Crippen molar-refractivity contribution in [2.75, 3.05) is 19.6 Å². The second-order valence-electron chi connectivity index (χ2n) is 7.83. The molecule has 2 rings (SSSR count). The van der Waals surface area contributed by atoms with Crippen LogP contribution in [0.2, 0.25) is 0 Å². The standard InChI is InChI=1S/C17H31N3/c1-16(2)8-4-11-20(13-10-16)12-5-9-17(3,14-18)19-15-6-7-15/h15,19H,4-13H2,1-3H3. The highest BCUT2D eigenvalue weighted by Gasteiger charge is 2.32. The Balaban J connectivity index is 1.70. The summed E-state index contributed by atoms with van der Waals surface area (Å²) in [5, 5.41) is 12.9. The first-order chi connectivity index (χ1) is 9.42. The maximum absolute atomic E-state index is 9.39. The van der Waals surface area contributed by atoms with Crippen molar-refractivity contribution in [2.24, 2.45) is 5.41 Å². The molecular weight excluding hydrogens is 246 g/mol. The van der Waals surface area contributed by atoms with Crippen LogP contribution >= 0.6 is 0 Å². The minimum absolute atomic E-state index is 0.313. The highest BCUT2D eigenvalue weighted by atomic mass is 15.1. The van der Waals surface area contributed by atoms with E-state index in [-0.39, 0.29) is 5.54 Å². The largest absolute Gasteiger partial charge is 0.303 e. The van der Waals surface area contributed by atoms with Gasteiger partial charge in [0.1, 0.15) is 5.54 Å². The average Bonchev–Trinajstić information content (AvgIpc) is 3.19. The quantitative estimate of drug-likeness (QED) is 0.809. The summed E-state index contributed by atoms with van der Waals surface area (Å²) < 4.78 is 0. The van der Waals surface area contributed by atoms with Gasteiger partial charge in [0.25, 0.3) is 0 Å². The number of nitrogens with zero attached hydrogens (tertiary/aromatic N) is 2. The molecule has 1 aliphatic heterocycles. The van der Waals surface area contributed by atoms with Gasteiger partial charge in [-0.3, -0.25) is 5.32 Å². The Morgan fingerprint density at radius 3 is 2.70 bits per heavy atom. The molecule has 0 amide bonds. The fraction of sp³-hybridized carbons (Fsp3) is 0.941. The molecule has 0 aromatic heterocycles. The Kier molecular flexibility index (Phi) is 5.09. The first-order valence-electron chi connectivity index (χ1n) is 8.34. The van der Waals surface area contributed by atoms with E-state index in [0.29, 0.717) is 11.5 Å². The van der Waals surface area contributed by atoms with Crippen LogP contribution in [0.25, 0.3) is 0 Å². The van der Waals surface area contributed by atoms with Crippen molar-refractivity contribution in [2.45, 2.75) is 77.3 Å². The molecule has 0 radical (unpaired) electrons. The molecule has 114 valence electrons. The van der Waals surface area contributed by atoms with Crippen molar-refractivity contribution in [3.63, 3.8) is 0 Å². The van der Waals surface area contributed by atoms with Crippen LogP contribution in [0.3, 0.4) is 0 Å². The molecule has 0 bridgehead atoms. The molecule has 3 nitrogen and oxygen atoms in total. The maximum Gasteiger partial charge on any atom is 0.104 e. The van der Waals surface area contributed by atoms with Crippen molar-refractivity contribution in [1.82, 2.24) is 10.2 Å². The van der Waals surface area contributed by atoms with E-state index >= 15 is 0 Å². The fourth-order valence-corrected chi connectivity index (χ4v) is 3.20. The zero-order valence-electron chi connectivity index (χ0n) is 13.5. The third-order valence-corrected chi connectivity index (χ3v) is 4.93. The van der Waals surface area contributed by atoms with Crippen LogP contribution < -0.4 is 5.32 Å². The second kappa shape index (κ2) is 6.45. The fourth-order valence-electron chi connectivity index (χ4n) is 3.20. The first-order valence-corrected chi connectivity index (χ1v) is 8.34. The summed E-state index contributed by atoms with van der Waals surface area (Å²) in [7, 11) is 0. The highest BCUT2D eigenvalue weighted by molar-refractivity contribution is 5.07. The number of nitrogens with one attached hydrogen (secondary N) is 1. The predicted molar refractivity (Wildman–Crippen MR) is 83.5 cm³/mol. The molecule has 0 aromatic rings. The Morgan fingerprint density at radius 2 is 2.05 bits per heavy atom. The molecule has 1 atom stereocenters. The Morgan fingerprint density at radius 1 is 1.30 bits per heavy atom. The van der Waals surface area contributed by atoms with E-state index < -0.39 is 0 Å². The van der Waals surface area contributed by atoms with E-state index in [4.69, 9.17) is 0 Å². The molecule has 20 heavy (non-hydrogen) atoms. The van der Waals surface area contributed by atoms with E-state index in [2.05, 4.69) is 37.1 Å². The number of rotatable bonds is 6. The summed E-state index contributed by atoms with van der Waals surface area (Å²) in [6.07, 6.45) is 8.58. The lowest BCUT2D eigenvalue weighted by Gasteiger charge is -2.26. The van der Waals surface area contributed by atoms with Gasteiger partial charge >= 0.3 is 0 Å². The van der Waals surface area contributed by atoms with Gasteiger partial charge < -0.3 is 4.90 Å². The van der Waals surface area contributed by atoms with Crippen LogP contribution in [0.15, 0.2) is 0 Å². The minimum Gasteiger partial charge on any atom is -0.303 e.